The van der Waals surface area contributed by atoms with Gasteiger partial charge in [-0.15, -0.1) is 0 Å². The Kier molecular flexibility index (Phi) is 4.24. The lowest BCUT2D eigenvalue weighted by Crippen LogP contribution is -2.06. The van der Waals surface area contributed by atoms with Crippen LogP contribution in [0.1, 0.15) is 16.1 Å². The summed E-state index contributed by atoms with van der Waals surface area (Å²) in [5.74, 6) is -2.32. The molecule has 0 aliphatic rings. The molecule has 0 aliphatic carbocycles. The Morgan fingerprint density at radius 3 is 2.75 bits per heavy atom. The van der Waals surface area contributed by atoms with Gasteiger partial charge >= 0.3 is 5.97 Å². The van der Waals surface area contributed by atoms with E-state index in [1.165, 1.54) is 25.4 Å². The van der Waals surface area contributed by atoms with Crippen molar-refractivity contribution in [2.75, 3.05) is 12.4 Å². The van der Waals surface area contributed by atoms with Gasteiger partial charge in [0.25, 0.3) is 0 Å². The molecule has 0 radical (unpaired) electrons. The second-order valence-electron chi connectivity index (χ2n) is 4.02. The van der Waals surface area contributed by atoms with E-state index in [1.807, 2.05) is 0 Å². The number of nitrogens with one attached hydrogen (secondary N) is 1. The molecule has 2 rings (SSSR count). The van der Waals surface area contributed by atoms with Gasteiger partial charge in [-0.3, -0.25) is 0 Å². The highest BCUT2D eigenvalue weighted by Crippen LogP contribution is 2.13. The number of pyridine rings is 1. The smallest absolute Gasteiger partial charge is 0.356 e. The zero-order valence-electron chi connectivity index (χ0n) is 10.7. The molecule has 0 fully saturated rings. The van der Waals surface area contributed by atoms with Crippen molar-refractivity contribution in [3.63, 3.8) is 0 Å². The van der Waals surface area contributed by atoms with Gasteiger partial charge in [0, 0.05) is 18.4 Å². The van der Waals surface area contributed by atoms with Crippen molar-refractivity contribution in [2.45, 2.75) is 6.54 Å². The van der Waals surface area contributed by atoms with Gasteiger partial charge < -0.3 is 10.1 Å². The topological polar surface area (TPSA) is 51.2 Å². The number of nitrogens with zero attached hydrogens (tertiary/aromatic N) is 1. The van der Waals surface area contributed by atoms with Gasteiger partial charge in [0.1, 0.15) is 5.69 Å². The Balaban J connectivity index is 2.07. The van der Waals surface area contributed by atoms with Crippen LogP contribution >= 0.6 is 0 Å². The number of methoxy groups -OCH3 is 1. The SMILES string of the molecule is COC(=O)c1cc(NCc2ccc(F)c(F)c2)ccn1. The van der Waals surface area contributed by atoms with Gasteiger partial charge in [0.2, 0.25) is 0 Å². The van der Waals surface area contributed by atoms with Crippen molar-refractivity contribution in [3.8, 4) is 0 Å². The summed E-state index contributed by atoms with van der Waals surface area (Å²) in [7, 11) is 1.27. The van der Waals surface area contributed by atoms with Crippen molar-refractivity contribution < 1.29 is 18.3 Å². The monoisotopic (exact) mass is 278 g/mol. The predicted octanol–water partition coefficient (Wildman–Crippen LogP) is 2.76. The van der Waals surface area contributed by atoms with Crippen LogP contribution < -0.4 is 5.32 Å². The second kappa shape index (κ2) is 6.10. The second-order valence-corrected chi connectivity index (χ2v) is 4.02. The van der Waals surface area contributed by atoms with Gasteiger partial charge in [0.05, 0.1) is 7.11 Å². The maximum absolute atomic E-state index is 13.0. The number of aromatic nitrogens is 1. The number of carbonyl (C=O) groups excluding carboxylic acids is 1. The van der Waals surface area contributed by atoms with E-state index >= 15 is 0 Å². The molecular formula is C14H12F2N2O2. The van der Waals surface area contributed by atoms with E-state index in [9.17, 15) is 13.6 Å². The number of hydrogen-bond donors (Lipinski definition) is 1. The molecule has 1 aromatic carbocycles. The molecule has 1 aromatic heterocycles. The minimum atomic E-state index is -0.894. The summed E-state index contributed by atoms with van der Waals surface area (Å²) in [4.78, 5) is 15.2. The molecular weight excluding hydrogens is 266 g/mol. The number of anilines is 1. The molecule has 0 bridgehead atoms. The molecule has 0 unspecified atom stereocenters. The van der Waals surface area contributed by atoms with Gasteiger partial charge in [-0.25, -0.2) is 18.6 Å². The summed E-state index contributed by atoms with van der Waals surface area (Å²) in [6.07, 6.45) is 1.46. The van der Waals surface area contributed by atoms with Crippen molar-refractivity contribution >= 4 is 11.7 Å². The molecule has 20 heavy (non-hydrogen) atoms. The maximum atomic E-state index is 13.0. The van der Waals surface area contributed by atoms with Crippen molar-refractivity contribution in [1.29, 1.82) is 0 Å². The van der Waals surface area contributed by atoms with Crippen LogP contribution in [0.2, 0.25) is 0 Å². The van der Waals surface area contributed by atoms with Gasteiger partial charge in [-0.05, 0) is 29.8 Å². The normalized spacial score (nSPS) is 10.2. The lowest BCUT2D eigenvalue weighted by atomic mass is 10.2. The summed E-state index contributed by atoms with van der Waals surface area (Å²) >= 11 is 0. The molecule has 0 saturated heterocycles. The Labute approximate surface area is 114 Å². The van der Waals surface area contributed by atoms with E-state index in [4.69, 9.17) is 0 Å². The number of halogens is 2. The van der Waals surface area contributed by atoms with Crippen LogP contribution in [0, 0.1) is 11.6 Å². The first kappa shape index (κ1) is 13.9. The molecule has 4 nitrogen and oxygen atoms in total. The Morgan fingerprint density at radius 2 is 2.05 bits per heavy atom. The van der Waals surface area contributed by atoms with Crippen molar-refractivity contribution in [1.82, 2.24) is 4.98 Å². The van der Waals surface area contributed by atoms with E-state index in [0.717, 1.165) is 12.1 Å². The lowest BCUT2D eigenvalue weighted by molar-refractivity contribution is 0.0594. The summed E-state index contributed by atoms with van der Waals surface area (Å²) in [6, 6.07) is 6.84. The van der Waals surface area contributed by atoms with Crippen LogP contribution in [0.5, 0.6) is 0 Å². The van der Waals surface area contributed by atoms with Crippen molar-refractivity contribution in [2.24, 2.45) is 0 Å². The Hall–Kier alpha value is -2.50. The van der Waals surface area contributed by atoms with E-state index in [-0.39, 0.29) is 5.69 Å². The van der Waals surface area contributed by atoms with Gasteiger partial charge in [-0.2, -0.15) is 0 Å². The van der Waals surface area contributed by atoms with Crippen LogP contribution in [-0.2, 0) is 11.3 Å². The first-order chi connectivity index (χ1) is 9.60. The highest BCUT2D eigenvalue weighted by Gasteiger charge is 2.07. The number of carbonyl (C=O) groups is 1. The largest absolute Gasteiger partial charge is 0.464 e. The Bertz CT molecular complexity index is 632. The standard InChI is InChI=1S/C14H12F2N2O2/c1-20-14(19)13-7-10(4-5-17-13)18-8-9-2-3-11(15)12(16)6-9/h2-7H,8H2,1H3,(H,17,18). The van der Waals surface area contributed by atoms with Crippen molar-refractivity contribution in [3.05, 3.63) is 59.4 Å². The fourth-order valence-corrected chi connectivity index (χ4v) is 1.61. The highest BCUT2D eigenvalue weighted by atomic mass is 19.2. The molecule has 2 aromatic rings. The molecule has 0 spiro atoms. The van der Waals surface area contributed by atoms with Crippen LogP contribution in [0.25, 0.3) is 0 Å². The third kappa shape index (κ3) is 3.28. The summed E-state index contributed by atoms with van der Waals surface area (Å²) < 4.78 is 30.4. The third-order valence-corrected chi connectivity index (χ3v) is 2.64. The molecule has 104 valence electrons. The average Bonchev–Trinajstić information content (AvgIpc) is 2.48. The molecule has 0 aliphatic heterocycles. The number of benzene rings is 1. The van der Waals surface area contributed by atoms with Crippen LogP contribution in [0.15, 0.2) is 36.5 Å². The molecule has 6 heteroatoms. The number of hydrogen-bond acceptors (Lipinski definition) is 4. The fourth-order valence-electron chi connectivity index (χ4n) is 1.61. The quantitative estimate of drug-likeness (QED) is 0.874. The summed E-state index contributed by atoms with van der Waals surface area (Å²) in [6.45, 7) is 0.293. The van der Waals surface area contributed by atoms with E-state index in [1.54, 1.807) is 6.07 Å². The van der Waals surface area contributed by atoms with Crippen LogP contribution in [-0.4, -0.2) is 18.1 Å². The molecule has 1 N–H and O–H groups in total. The molecule has 0 atom stereocenters. The van der Waals surface area contributed by atoms with E-state index < -0.39 is 17.6 Å². The number of ether oxygens (including phenoxy) is 1. The van der Waals surface area contributed by atoms with Crippen LogP contribution in [0.4, 0.5) is 14.5 Å². The highest BCUT2D eigenvalue weighted by molar-refractivity contribution is 5.88. The van der Waals surface area contributed by atoms with Crippen LogP contribution in [0.3, 0.4) is 0 Å². The third-order valence-electron chi connectivity index (χ3n) is 2.64. The van der Waals surface area contributed by atoms with Gasteiger partial charge in [0.15, 0.2) is 11.6 Å². The van der Waals surface area contributed by atoms with Gasteiger partial charge in [-0.1, -0.05) is 6.07 Å². The Morgan fingerprint density at radius 1 is 1.25 bits per heavy atom. The lowest BCUT2D eigenvalue weighted by Gasteiger charge is -2.07. The first-order valence-corrected chi connectivity index (χ1v) is 5.82. The summed E-state index contributed by atoms with van der Waals surface area (Å²) in [5, 5.41) is 2.99. The minimum absolute atomic E-state index is 0.169. The minimum Gasteiger partial charge on any atom is -0.464 e. The van der Waals surface area contributed by atoms with E-state index in [2.05, 4.69) is 15.0 Å². The maximum Gasteiger partial charge on any atom is 0.356 e. The predicted molar refractivity (Wildman–Crippen MR) is 69.3 cm³/mol. The fraction of sp³-hybridized carbons (Fsp3) is 0.143. The average molecular weight is 278 g/mol. The summed E-state index contributed by atoms with van der Waals surface area (Å²) in [5.41, 5.74) is 1.38. The first-order valence-electron chi connectivity index (χ1n) is 5.82. The number of rotatable bonds is 4. The zero-order valence-corrected chi connectivity index (χ0v) is 10.7. The number of esters is 1. The zero-order chi connectivity index (χ0) is 14.5. The van der Waals surface area contributed by atoms with E-state index in [0.29, 0.717) is 17.8 Å². The molecule has 0 amide bonds. The molecule has 1 heterocycles. The molecule has 0 saturated carbocycles.